The maximum Gasteiger partial charge on any atom is 0.228 e. The molecule has 1 atom stereocenters. The molecule has 1 unspecified atom stereocenters. The van der Waals surface area contributed by atoms with Gasteiger partial charge in [0.1, 0.15) is 6.07 Å². The maximum absolute atomic E-state index is 11.8. The van der Waals surface area contributed by atoms with Crippen molar-refractivity contribution < 1.29 is 4.79 Å². The van der Waals surface area contributed by atoms with E-state index in [0.717, 1.165) is 0 Å². The third-order valence-electron chi connectivity index (χ3n) is 2.51. The van der Waals surface area contributed by atoms with Crippen LogP contribution in [0.1, 0.15) is 18.9 Å². The SMILES string of the molecule is CCC(CN)C(=O)Nc1cc(Cl)ccc1C#N. The lowest BCUT2D eigenvalue weighted by atomic mass is 10.1. The molecule has 90 valence electrons. The lowest BCUT2D eigenvalue weighted by Gasteiger charge is -2.13. The second-order valence-electron chi connectivity index (χ2n) is 3.63. The minimum atomic E-state index is -0.250. The van der Waals surface area contributed by atoms with Crippen LogP contribution in [-0.4, -0.2) is 12.5 Å². The molecule has 0 bridgehead atoms. The van der Waals surface area contributed by atoms with Crippen molar-refractivity contribution in [2.24, 2.45) is 11.7 Å². The van der Waals surface area contributed by atoms with E-state index in [1.54, 1.807) is 18.2 Å². The molecule has 0 spiro atoms. The summed E-state index contributed by atoms with van der Waals surface area (Å²) in [6.07, 6.45) is 0.658. The summed E-state index contributed by atoms with van der Waals surface area (Å²) in [5, 5.41) is 12.1. The number of hydrogen-bond acceptors (Lipinski definition) is 3. The molecule has 1 rings (SSSR count). The second-order valence-corrected chi connectivity index (χ2v) is 4.07. The maximum atomic E-state index is 11.8. The molecular formula is C12H14ClN3O. The van der Waals surface area contributed by atoms with E-state index >= 15 is 0 Å². The molecule has 0 aliphatic rings. The fourth-order valence-corrected chi connectivity index (χ4v) is 1.58. The first kappa shape index (κ1) is 13.5. The Morgan fingerprint density at radius 2 is 2.35 bits per heavy atom. The smallest absolute Gasteiger partial charge is 0.228 e. The van der Waals surface area contributed by atoms with Crippen LogP contribution in [-0.2, 0) is 4.79 Å². The van der Waals surface area contributed by atoms with Crippen LogP contribution in [0.4, 0.5) is 5.69 Å². The minimum absolute atomic E-state index is 0.186. The summed E-state index contributed by atoms with van der Waals surface area (Å²) in [6.45, 7) is 2.17. The van der Waals surface area contributed by atoms with Crippen molar-refractivity contribution in [3.05, 3.63) is 28.8 Å². The van der Waals surface area contributed by atoms with E-state index in [2.05, 4.69) is 5.32 Å². The van der Waals surface area contributed by atoms with Crippen LogP contribution in [0.2, 0.25) is 5.02 Å². The normalized spacial score (nSPS) is 11.6. The Kier molecular flexibility index (Phi) is 4.95. The number of hydrogen-bond donors (Lipinski definition) is 2. The van der Waals surface area contributed by atoms with Crippen molar-refractivity contribution in [3.63, 3.8) is 0 Å². The summed E-state index contributed by atoms with van der Waals surface area (Å²) in [5.74, 6) is -0.436. The van der Waals surface area contributed by atoms with E-state index in [0.29, 0.717) is 22.7 Å². The molecule has 0 radical (unpaired) electrons. The van der Waals surface area contributed by atoms with Crippen LogP contribution in [0.15, 0.2) is 18.2 Å². The van der Waals surface area contributed by atoms with Crippen LogP contribution in [0.25, 0.3) is 0 Å². The fraction of sp³-hybridized carbons (Fsp3) is 0.333. The molecule has 0 heterocycles. The van der Waals surface area contributed by atoms with Crippen LogP contribution >= 0.6 is 11.6 Å². The third kappa shape index (κ3) is 3.45. The predicted molar refractivity (Wildman–Crippen MR) is 67.6 cm³/mol. The lowest BCUT2D eigenvalue weighted by Crippen LogP contribution is -2.28. The summed E-state index contributed by atoms with van der Waals surface area (Å²) >= 11 is 5.82. The molecular weight excluding hydrogens is 238 g/mol. The number of nitrogens with one attached hydrogen (secondary N) is 1. The standard InChI is InChI=1S/C12H14ClN3O/c1-2-8(6-14)12(17)16-11-5-10(13)4-3-9(11)7-15/h3-5,8H,2,6,14H2,1H3,(H,16,17). The van der Waals surface area contributed by atoms with Gasteiger partial charge >= 0.3 is 0 Å². The Morgan fingerprint density at radius 3 is 2.88 bits per heavy atom. The van der Waals surface area contributed by atoms with Gasteiger partial charge in [-0.05, 0) is 24.6 Å². The molecule has 4 nitrogen and oxygen atoms in total. The monoisotopic (exact) mass is 251 g/mol. The third-order valence-corrected chi connectivity index (χ3v) is 2.74. The van der Waals surface area contributed by atoms with Crippen LogP contribution in [0, 0.1) is 17.2 Å². The molecule has 0 aliphatic carbocycles. The number of amides is 1. The molecule has 0 saturated heterocycles. The van der Waals surface area contributed by atoms with E-state index in [4.69, 9.17) is 22.6 Å². The highest BCUT2D eigenvalue weighted by molar-refractivity contribution is 6.31. The van der Waals surface area contributed by atoms with E-state index < -0.39 is 0 Å². The van der Waals surface area contributed by atoms with E-state index in [9.17, 15) is 4.79 Å². The first-order valence-electron chi connectivity index (χ1n) is 5.33. The number of carbonyl (C=O) groups excluding carboxylic acids is 1. The number of nitrogens with two attached hydrogens (primary N) is 1. The number of nitriles is 1. The van der Waals surface area contributed by atoms with Crippen molar-refractivity contribution in [2.75, 3.05) is 11.9 Å². The van der Waals surface area contributed by atoms with Gasteiger partial charge in [0.25, 0.3) is 0 Å². The molecule has 3 N–H and O–H groups in total. The van der Waals surface area contributed by atoms with Gasteiger partial charge in [-0.3, -0.25) is 4.79 Å². The summed E-state index contributed by atoms with van der Waals surface area (Å²) in [4.78, 5) is 11.8. The Labute approximate surface area is 105 Å². The molecule has 1 aromatic carbocycles. The molecule has 0 saturated carbocycles. The van der Waals surface area contributed by atoms with Crippen molar-refractivity contribution in [3.8, 4) is 6.07 Å². The average Bonchev–Trinajstić information content (AvgIpc) is 2.31. The molecule has 0 fully saturated rings. The molecule has 1 aromatic rings. The summed E-state index contributed by atoms with van der Waals surface area (Å²) in [7, 11) is 0. The fourth-order valence-electron chi connectivity index (χ4n) is 1.41. The highest BCUT2D eigenvalue weighted by Gasteiger charge is 2.16. The zero-order chi connectivity index (χ0) is 12.8. The summed E-state index contributed by atoms with van der Waals surface area (Å²) in [6, 6.07) is 6.73. The number of nitrogens with zero attached hydrogens (tertiary/aromatic N) is 1. The molecule has 1 amide bonds. The Hall–Kier alpha value is -1.57. The van der Waals surface area contributed by atoms with Crippen LogP contribution in [0.5, 0.6) is 0 Å². The first-order chi connectivity index (χ1) is 8.12. The molecule has 0 aliphatic heterocycles. The number of halogens is 1. The van der Waals surface area contributed by atoms with Gasteiger partial charge in [0.05, 0.1) is 17.2 Å². The Balaban J connectivity index is 2.91. The zero-order valence-corrected chi connectivity index (χ0v) is 10.3. The topological polar surface area (TPSA) is 78.9 Å². The number of rotatable bonds is 4. The van der Waals surface area contributed by atoms with Crippen molar-refractivity contribution in [2.45, 2.75) is 13.3 Å². The summed E-state index contributed by atoms with van der Waals surface area (Å²) < 4.78 is 0. The first-order valence-corrected chi connectivity index (χ1v) is 5.70. The van der Waals surface area contributed by atoms with Gasteiger partial charge in [-0.25, -0.2) is 0 Å². The molecule has 17 heavy (non-hydrogen) atoms. The minimum Gasteiger partial charge on any atom is -0.330 e. The van der Waals surface area contributed by atoms with Gasteiger partial charge in [0, 0.05) is 11.6 Å². The average molecular weight is 252 g/mol. The Morgan fingerprint density at radius 1 is 1.65 bits per heavy atom. The highest BCUT2D eigenvalue weighted by atomic mass is 35.5. The van der Waals surface area contributed by atoms with Crippen LogP contribution in [0.3, 0.4) is 0 Å². The van der Waals surface area contributed by atoms with Crippen molar-refractivity contribution in [1.29, 1.82) is 5.26 Å². The van der Waals surface area contributed by atoms with Gasteiger partial charge in [-0.2, -0.15) is 5.26 Å². The number of carbonyl (C=O) groups is 1. The largest absolute Gasteiger partial charge is 0.330 e. The van der Waals surface area contributed by atoms with E-state index in [1.165, 1.54) is 0 Å². The van der Waals surface area contributed by atoms with Gasteiger partial charge in [-0.1, -0.05) is 18.5 Å². The lowest BCUT2D eigenvalue weighted by molar-refractivity contribution is -0.119. The van der Waals surface area contributed by atoms with E-state index in [-0.39, 0.29) is 18.4 Å². The van der Waals surface area contributed by atoms with Crippen molar-refractivity contribution >= 4 is 23.2 Å². The van der Waals surface area contributed by atoms with Crippen molar-refractivity contribution in [1.82, 2.24) is 0 Å². The van der Waals surface area contributed by atoms with Gasteiger partial charge in [0.15, 0.2) is 0 Å². The molecule has 0 aromatic heterocycles. The predicted octanol–water partition coefficient (Wildman–Crippen LogP) is 2.14. The zero-order valence-electron chi connectivity index (χ0n) is 9.53. The quantitative estimate of drug-likeness (QED) is 0.860. The van der Waals surface area contributed by atoms with Gasteiger partial charge in [0.2, 0.25) is 5.91 Å². The van der Waals surface area contributed by atoms with Crippen LogP contribution < -0.4 is 11.1 Å². The highest BCUT2D eigenvalue weighted by Crippen LogP contribution is 2.21. The molecule has 5 heteroatoms. The Bertz CT molecular complexity index is 450. The van der Waals surface area contributed by atoms with Gasteiger partial charge < -0.3 is 11.1 Å². The van der Waals surface area contributed by atoms with E-state index in [1.807, 2.05) is 13.0 Å². The summed E-state index contributed by atoms with van der Waals surface area (Å²) in [5.41, 5.74) is 6.30. The second kappa shape index (κ2) is 6.24. The number of benzene rings is 1. The van der Waals surface area contributed by atoms with Gasteiger partial charge in [-0.15, -0.1) is 0 Å². The number of anilines is 1.